The molecule has 4 rings (SSSR count). The number of nitrogen functional groups attached to an aromatic ring is 2. The molecule has 0 saturated heterocycles. The summed E-state index contributed by atoms with van der Waals surface area (Å²) in [4.78, 5) is 4.53. The molecule has 0 amide bonds. The molecule has 2 aromatic rings. The third-order valence-electron chi connectivity index (χ3n) is 5.22. The van der Waals surface area contributed by atoms with E-state index >= 15 is 0 Å². The number of rotatable bonds is 0. The van der Waals surface area contributed by atoms with E-state index in [1.165, 1.54) is 11.1 Å². The molecule has 2 bridgehead atoms. The summed E-state index contributed by atoms with van der Waals surface area (Å²) in [5.74, 6) is 0.197. The summed E-state index contributed by atoms with van der Waals surface area (Å²) in [6.45, 7) is 8.33. The van der Waals surface area contributed by atoms with E-state index in [1.54, 1.807) is 0 Å². The van der Waals surface area contributed by atoms with E-state index in [0.29, 0.717) is 5.69 Å². The second-order valence-electron chi connectivity index (χ2n) is 6.74. The van der Waals surface area contributed by atoms with Crippen LogP contribution in [-0.4, -0.2) is 11.8 Å². The topological polar surface area (TPSA) is 78.7 Å². The maximum atomic E-state index is 10.2. The van der Waals surface area contributed by atoms with E-state index < -0.39 is 0 Å². The Morgan fingerprint density at radius 3 is 2.00 bits per heavy atom. The first kappa shape index (κ1) is 14.1. The van der Waals surface area contributed by atoms with Crippen LogP contribution in [0.25, 0.3) is 0 Å². The van der Waals surface area contributed by atoms with Crippen LogP contribution in [0.5, 0.6) is 5.75 Å². The van der Waals surface area contributed by atoms with Gasteiger partial charge >= 0.3 is 0 Å². The lowest BCUT2D eigenvalue weighted by atomic mass is 9.94. The van der Waals surface area contributed by atoms with Crippen LogP contribution in [0.1, 0.15) is 27.8 Å². The van der Waals surface area contributed by atoms with Crippen LogP contribution in [0.3, 0.4) is 0 Å². The first-order valence-corrected chi connectivity index (χ1v) is 7.87. The molecule has 0 saturated carbocycles. The number of benzene rings is 2. The minimum Gasteiger partial charge on any atom is -0.505 e. The maximum Gasteiger partial charge on any atom is 0.143 e. The Morgan fingerprint density at radius 1 is 0.870 bits per heavy atom. The zero-order valence-corrected chi connectivity index (χ0v) is 13.8. The molecule has 120 valence electrons. The highest BCUT2D eigenvalue weighted by Gasteiger charge is 2.33. The van der Waals surface area contributed by atoms with Crippen molar-refractivity contribution in [3.63, 3.8) is 0 Å². The van der Waals surface area contributed by atoms with E-state index in [-0.39, 0.29) is 5.75 Å². The fraction of sp³-hybridized carbons (Fsp3) is 0.333. The Balaban J connectivity index is 1.91. The second-order valence-corrected chi connectivity index (χ2v) is 6.74. The fourth-order valence-corrected chi connectivity index (χ4v) is 3.90. The largest absolute Gasteiger partial charge is 0.505 e. The highest BCUT2D eigenvalue weighted by Crippen LogP contribution is 2.47. The lowest BCUT2D eigenvalue weighted by molar-refractivity contribution is 0.472. The van der Waals surface area contributed by atoms with Gasteiger partial charge in [0.05, 0.1) is 29.4 Å². The van der Waals surface area contributed by atoms with Crippen molar-refractivity contribution in [1.29, 1.82) is 0 Å². The van der Waals surface area contributed by atoms with Crippen LogP contribution in [0.2, 0.25) is 0 Å². The van der Waals surface area contributed by atoms with E-state index in [4.69, 9.17) is 11.5 Å². The number of aromatic hydroxyl groups is 1. The first-order valence-electron chi connectivity index (χ1n) is 7.87. The minimum atomic E-state index is 0.197. The van der Waals surface area contributed by atoms with Crippen molar-refractivity contribution in [3.05, 3.63) is 39.9 Å². The third kappa shape index (κ3) is 1.79. The van der Waals surface area contributed by atoms with E-state index in [9.17, 15) is 5.11 Å². The van der Waals surface area contributed by atoms with Gasteiger partial charge in [-0.05, 0) is 54.7 Å². The van der Waals surface area contributed by atoms with Crippen LogP contribution in [0.4, 0.5) is 22.7 Å². The van der Waals surface area contributed by atoms with E-state index in [1.807, 2.05) is 13.0 Å². The lowest BCUT2D eigenvalue weighted by Gasteiger charge is -2.46. The fourth-order valence-electron chi connectivity index (χ4n) is 3.90. The van der Waals surface area contributed by atoms with Crippen molar-refractivity contribution in [2.75, 3.05) is 27.9 Å². The lowest BCUT2D eigenvalue weighted by Crippen LogP contribution is -2.47. The van der Waals surface area contributed by atoms with Gasteiger partial charge in [-0.15, -0.1) is 0 Å². The van der Waals surface area contributed by atoms with Crippen molar-refractivity contribution < 1.29 is 5.11 Å². The van der Waals surface area contributed by atoms with Crippen molar-refractivity contribution in [2.45, 2.75) is 33.9 Å². The van der Waals surface area contributed by atoms with Crippen molar-refractivity contribution >= 4 is 22.7 Å². The Hall–Kier alpha value is -2.56. The second kappa shape index (κ2) is 4.47. The number of aryl methyl sites for hydroxylation is 2. The third-order valence-corrected chi connectivity index (χ3v) is 5.22. The summed E-state index contributed by atoms with van der Waals surface area (Å²) in [6.07, 6.45) is 0. The molecule has 0 spiro atoms. The Kier molecular flexibility index (Phi) is 2.73. The van der Waals surface area contributed by atoms with Gasteiger partial charge in [0, 0.05) is 13.1 Å². The highest BCUT2D eigenvalue weighted by molar-refractivity contribution is 5.85. The molecule has 23 heavy (non-hydrogen) atoms. The molecule has 0 atom stereocenters. The summed E-state index contributed by atoms with van der Waals surface area (Å²) < 4.78 is 0. The van der Waals surface area contributed by atoms with Gasteiger partial charge < -0.3 is 26.4 Å². The first-order chi connectivity index (χ1) is 10.9. The zero-order valence-electron chi connectivity index (χ0n) is 13.8. The summed E-state index contributed by atoms with van der Waals surface area (Å²) in [5, 5.41) is 10.2. The maximum absolute atomic E-state index is 10.2. The van der Waals surface area contributed by atoms with Gasteiger partial charge in [0.25, 0.3) is 0 Å². The standard InChI is InChI=1S/C18H22N4O/c1-9-4-12-6-22-8-21(16(12)14(19)11(9)3)7-13-5-10(2)18(23)15(20)17(13)22/h4-5,23H,6-8,19-20H2,1-3H3. The Labute approximate surface area is 136 Å². The van der Waals surface area contributed by atoms with Gasteiger partial charge in [-0.2, -0.15) is 0 Å². The van der Waals surface area contributed by atoms with Crippen LogP contribution in [0.15, 0.2) is 12.1 Å². The molecular formula is C18H22N4O. The molecule has 0 fully saturated rings. The molecule has 2 aliphatic heterocycles. The smallest absolute Gasteiger partial charge is 0.143 e. The van der Waals surface area contributed by atoms with E-state index in [0.717, 1.165) is 53.5 Å². The molecule has 0 unspecified atom stereocenters. The van der Waals surface area contributed by atoms with Crippen molar-refractivity contribution in [2.24, 2.45) is 0 Å². The SMILES string of the molecule is Cc1cc2c(c(N)c1C)N1Cc3cc(C)c(O)c(N)c3N(C2)C1. The van der Waals surface area contributed by atoms with Crippen molar-refractivity contribution in [1.82, 2.24) is 0 Å². The van der Waals surface area contributed by atoms with E-state index in [2.05, 4.69) is 29.7 Å². The van der Waals surface area contributed by atoms with Gasteiger partial charge in [-0.25, -0.2) is 0 Å². The number of fused-ring (bicyclic) bond motifs is 6. The summed E-state index contributed by atoms with van der Waals surface area (Å²) >= 11 is 0. The van der Waals surface area contributed by atoms with Gasteiger partial charge in [-0.1, -0.05) is 6.07 Å². The Bertz CT molecular complexity index is 774. The average molecular weight is 310 g/mol. The zero-order chi connectivity index (χ0) is 16.5. The summed E-state index contributed by atoms with van der Waals surface area (Å²) in [7, 11) is 0. The number of nitrogens with zero attached hydrogens (tertiary/aromatic N) is 2. The number of phenols is 1. The van der Waals surface area contributed by atoms with Gasteiger partial charge in [0.2, 0.25) is 0 Å². The molecule has 5 N–H and O–H groups in total. The normalized spacial score (nSPS) is 15.4. The summed E-state index contributed by atoms with van der Waals surface area (Å²) in [5.41, 5.74) is 21.7. The molecule has 0 aromatic heterocycles. The molecule has 2 heterocycles. The summed E-state index contributed by atoms with van der Waals surface area (Å²) in [6, 6.07) is 4.25. The van der Waals surface area contributed by atoms with Crippen LogP contribution in [-0.2, 0) is 13.1 Å². The van der Waals surface area contributed by atoms with Crippen LogP contribution >= 0.6 is 0 Å². The predicted molar refractivity (Wildman–Crippen MR) is 94.8 cm³/mol. The number of phenolic OH excluding ortho intramolecular Hbond substituents is 1. The molecular weight excluding hydrogens is 288 g/mol. The number of hydrogen-bond acceptors (Lipinski definition) is 5. The predicted octanol–water partition coefficient (Wildman–Crippen LogP) is 2.78. The Morgan fingerprint density at radius 2 is 1.39 bits per heavy atom. The molecule has 0 radical (unpaired) electrons. The van der Waals surface area contributed by atoms with Gasteiger partial charge in [0.1, 0.15) is 5.75 Å². The molecule has 2 aliphatic rings. The van der Waals surface area contributed by atoms with Crippen LogP contribution < -0.4 is 21.3 Å². The molecule has 0 aliphatic carbocycles. The van der Waals surface area contributed by atoms with Crippen LogP contribution in [0, 0.1) is 20.8 Å². The van der Waals surface area contributed by atoms with Gasteiger partial charge in [0.15, 0.2) is 0 Å². The molecule has 2 aromatic carbocycles. The molecule has 5 nitrogen and oxygen atoms in total. The number of anilines is 4. The van der Waals surface area contributed by atoms with Gasteiger partial charge in [-0.3, -0.25) is 0 Å². The number of nitrogens with two attached hydrogens (primary N) is 2. The average Bonchev–Trinajstić information content (AvgIpc) is 2.50. The van der Waals surface area contributed by atoms with Crippen molar-refractivity contribution in [3.8, 4) is 5.75 Å². The minimum absolute atomic E-state index is 0.197. The molecule has 5 heteroatoms. The quantitative estimate of drug-likeness (QED) is 0.515. The highest BCUT2D eigenvalue weighted by atomic mass is 16.3. The number of hydrogen-bond donors (Lipinski definition) is 3. The monoisotopic (exact) mass is 310 g/mol.